The molecule has 0 unspecified atom stereocenters. The molecule has 5 nitrogen and oxygen atoms in total. The van der Waals surface area contributed by atoms with E-state index in [9.17, 15) is 4.79 Å². The van der Waals surface area contributed by atoms with Crippen LogP contribution in [0.3, 0.4) is 0 Å². The van der Waals surface area contributed by atoms with Crippen LogP contribution in [0.4, 0.5) is 5.82 Å². The Hall–Kier alpha value is -2.58. The lowest BCUT2D eigenvalue weighted by molar-refractivity contribution is 0.102. The second-order valence-corrected chi connectivity index (χ2v) is 4.78. The van der Waals surface area contributed by atoms with Crippen molar-refractivity contribution in [3.05, 3.63) is 46.6 Å². The summed E-state index contributed by atoms with van der Waals surface area (Å²) in [5.74, 6) is 6.21. The lowest BCUT2D eigenvalue weighted by atomic mass is 10.0. The second-order valence-electron chi connectivity index (χ2n) is 4.78. The zero-order valence-electron chi connectivity index (χ0n) is 12.4. The van der Waals surface area contributed by atoms with Gasteiger partial charge in [-0.25, -0.2) is 0 Å². The molecule has 1 heterocycles. The number of nitrogens with zero attached hydrogens (tertiary/aromatic N) is 2. The summed E-state index contributed by atoms with van der Waals surface area (Å²) in [7, 11) is 1.79. The summed E-state index contributed by atoms with van der Waals surface area (Å²) < 4.78 is 1.64. The maximum Gasteiger partial charge on any atom is 0.257 e. The van der Waals surface area contributed by atoms with Gasteiger partial charge in [0, 0.05) is 24.2 Å². The highest BCUT2D eigenvalue weighted by Crippen LogP contribution is 2.14. The third kappa shape index (κ3) is 3.50. The molecule has 1 amide bonds. The number of amides is 1. The fraction of sp³-hybridized carbons (Fsp3) is 0.250. The predicted molar refractivity (Wildman–Crippen MR) is 83.0 cm³/mol. The molecule has 0 aliphatic carbocycles. The van der Waals surface area contributed by atoms with Crippen molar-refractivity contribution in [3.8, 4) is 11.8 Å². The maximum absolute atomic E-state index is 12.4. The third-order valence-electron chi connectivity index (χ3n) is 3.06. The van der Waals surface area contributed by atoms with Crippen LogP contribution in [0.25, 0.3) is 0 Å². The van der Waals surface area contributed by atoms with Gasteiger partial charge in [-0.1, -0.05) is 17.9 Å². The van der Waals surface area contributed by atoms with Crippen LogP contribution in [0.5, 0.6) is 0 Å². The van der Waals surface area contributed by atoms with Crippen LogP contribution in [0.1, 0.15) is 27.2 Å². The van der Waals surface area contributed by atoms with Crippen molar-refractivity contribution >= 4 is 11.7 Å². The largest absolute Gasteiger partial charge is 0.320 e. The molecule has 0 spiro atoms. The standard InChI is InChI=1S/C16H18N4O/c1-11-6-7-13(5-4-8-17)10-14(11)16(21)18-15-9-12(2)19-20(15)3/h6-7,9-10H,8,17H2,1-3H3,(H,18,21). The molecule has 108 valence electrons. The van der Waals surface area contributed by atoms with E-state index in [1.165, 1.54) is 0 Å². The lowest BCUT2D eigenvalue weighted by Gasteiger charge is -2.08. The summed E-state index contributed by atoms with van der Waals surface area (Å²) >= 11 is 0. The summed E-state index contributed by atoms with van der Waals surface area (Å²) in [4.78, 5) is 12.4. The van der Waals surface area contributed by atoms with Crippen molar-refractivity contribution in [2.45, 2.75) is 13.8 Å². The first-order valence-corrected chi connectivity index (χ1v) is 6.63. The zero-order valence-corrected chi connectivity index (χ0v) is 12.4. The van der Waals surface area contributed by atoms with Crippen LogP contribution in [0.2, 0.25) is 0 Å². The van der Waals surface area contributed by atoms with E-state index in [-0.39, 0.29) is 5.91 Å². The van der Waals surface area contributed by atoms with Gasteiger partial charge >= 0.3 is 0 Å². The van der Waals surface area contributed by atoms with Crippen LogP contribution in [-0.4, -0.2) is 22.2 Å². The van der Waals surface area contributed by atoms with Gasteiger partial charge in [0.15, 0.2) is 0 Å². The molecular formula is C16H18N4O. The molecule has 0 radical (unpaired) electrons. The Morgan fingerprint density at radius 2 is 2.14 bits per heavy atom. The Morgan fingerprint density at radius 3 is 2.76 bits per heavy atom. The van der Waals surface area contributed by atoms with Gasteiger partial charge in [-0.2, -0.15) is 5.10 Å². The van der Waals surface area contributed by atoms with Crippen molar-refractivity contribution in [1.29, 1.82) is 0 Å². The first-order valence-electron chi connectivity index (χ1n) is 6.63. The van der Waals surface area contributed by atoms with Gasteiger partial charge in [-0.05, 0) is 31.5 Å². The molecular weight excluding hydrogens is 264 g/mol. The number of hydrogen-bond donors (Lipinski definition) is 2. The fourth-order valence-electron chi connectivity index (χ4n) is 2.01. The summed E-state index contributed by atoms with van der Waals surface area (Å²) in [6, 6.07) is 7.36. The van der Waals surface area contributed by atoms with E-state index in [1.807, 2.05) is 32.0 Å². The molecule has 3 N–H and O–H groups in total. The van der Waals surface area contributed by atoms with E-state index in [0.717, 1.165) is 16.8 Å². The molecule has 0 saturated heterocycles. The van der Waals surface area contributed by atoms with E-state index in [4.69, 9.17) is 5.73 Å². The number of nitrogens with one attached hydrogen (secondary N) is 1. The average Bonchev–Trinajstić information content (AvgIpc) is 2.75. The number of rotatable bonds is 2. The number of carbonyl (C=O) groups excluding carboxylic acids is 1. The number of nitrogens with two attached hydrogens (primary N) is 1. The third-order valence-corrected chi connectivity index (χ3v) is 3.06. The normalized spacial score (nSPS) is 9.90. The SMILES string of the molecule is Cc1cc(NC(=O)c2cc(C#CCN)ccc2C)n(C)n1. The van der Waals surface area contributed by atoms with Crippen LogP contribution in [-0.2, 0) is 7.05 Å². The van der Waals surface area contributed by atoms with Gasteiger partial charge in [0.05, 0.1) is 12.2 Å². The molecule has 0 atom stereocenters. The zero-order chi connectivity index (χ0) is 15.4. The first kappa shape index (κ1) is 14.8. The Bertz CT molecular complexity index is 734. The number of anilines is 1. The maximum atomic E-state index is 12.4. The van der Waals surface area contributed by atoms with Crippen LogP contribution < -0.4 is 11.1 Å². The van der Waals surface area contributed by atoms with Gasteiger partial charge in [0.1, 0.15) is 5.82 Å². The van der Waals surface area contributed by atoms with Crippen LogP contribution in [0, 0.1) is 25.7 Å². The highest BCUT2D eigenvalue weighted by atomic mass is 16.1. The second kappa shape index (κ2) is 6.25. The summed E-state index contributed by atoms with van der Waals surface area (Å²) in [6.45, 7) is 4.07. The minimum Gasteiger partial charge on any atom is -0.320 e. The number of aryl methyl sites for hydroxylation is 3. The fourth-order valence-corrected chi connectivity index (χ4v) is 2.01. The van der Waals surface area contributed by atoms with Crippen molar-refractivity contribution < 1.29 is 4.79 Å². The van der Waals surface area contributed by atoms with Gasteiger partial charge in [0.25, 0.3) is 5.91 Å². The minimum atomic E-state index is -0.174. The summed E-state index contributed by atoms with van der Waals surface area (Å²) in [6.07, 6.45) is 0. The molecule has 0 aliphatic heterocycles. The highest BCUT2D eigenvalue weighted by Gasteiger charge is 2.12. The summed E-state index contributed by atoms with van der Waals surface area (Å²) in [5, 5.41) is 7.06. The average molecular weight is 282 g/mol. The van der Waals surface area contributed by atoms with E-state index in [2.05, 4.69) is 22.3 Å². The number of benzene rings is 1. The monoisotopic (exact) mass is 282 g/mol. The topological polar surface area (TPSA) is 72.9 Å². The quantitative estimate of drug-likeness (QED) is 0.822. The number of hydrogen-bond acceptors (Lipinski definition) is 3. The van der Waals surface area contributed by atoms with E-state index >= 15 is 0 Å². The number of carbonyl (C=O) groups is 1. The number of aromatic nitrogens is 2. The van der Waals surface area contributed by atoms with Crippen molar-refractivity contribution in [1.82, 2.24) is 9.78 Å². The highest BCUT2D eigenvalue weighted by molar-refractivity contribution is 6.05. The van der Waals surface area contributed by atoms with Gasteiger partial charge in [0.2, 0.25) is 0 Å². The Morgan fingerprint density at radius 1 is 1.38 bits per heavy atom. The Balaban J connectivity index is 2.28. The Labute approximate surface area is 124 Å². The van der Waals surface area contributed by atoms with E-state index in [1.54, 1.807) is 17.8 Å². The predicted octanol–water partition coefficient (Wildman–Crippen LogP) is 1.60. The smallest absolute Gasteiger partial charge is 0.257 e. The van der Waals surface area contributed by atoms with E-state index in [0.29, 0.717) is 17.9 Å². The van der Waals surface area contributed by atoms with Crippen molar-refractivity contribution in [2.75, 3.05) is 11.9 Å². The van der Waals surface area contributed by atoms with E-state index < -0.39 is 0 Å². The molecule has 21 heavy (non-hydrogen) atoms. The molecule has 0 saturated carbocycles. The molecule has 0 bridgehead atoms. The van der Waals surface area contributed by atoms with Crippen LogP contribution >= 0.6 is 0 Å². The molecule has 0 fully saturated rings. The molecule has 2 aromatic rings. The minimum absolute atomic E-state index is 0.174. The van der Waals surface area contributed by atoms with Gasteiger partial charge < -0.3 is 11.1 Å². The molecule has 1 aromatic carbocycles. The molecule has 1 aromatic heterocycles. The Kier molecular flexibility index (Phi) is 4.41. The molecule has 0 aliphatic rings. The van der Waals surface area contributed by atoms with Crippen molar-refractivity contribution in [2.24, 2.45) is 12.8 Å². The summed E-state index contributed by atoms with van der Waals surface area (Å²) in [5.41, 5.74) is 8.48. The van der Waals surface area contributed by atoms with Gasteiger partial charge in [-0.15, -0.1) is 0 Å². The lowest BCUT2D eigenvalue weighted by Crippen LogP contribution is -2.16. The first-order chi connectivity index (χ1) is 10.0. The molecule has 2 rings (SSSR count). The van der Waals surface area contributed by atoms with Crippen LogP contribution in [0.15, 0.2) is 24.3 Å². The molecule has 5 heteroatoms. The van der Waals surface area contributed by atoms with Gasteiger partial charge in [-0.3, -0.25) is 9.48 Å². The van der Waals surface area contributed by atoms with Crippen molar-refractivity contribution in [3.63, 3.8) is 0 Å².